The highest BCUT2D eigenvalue weighted by Crippen LogP contribution is 2.27. The lowest BCUT2D eigenvalue weighted by Crippen LogP contribution is -2.45. The molecular formula is C16H23ClN4O3S. The number of thiophene rings is 1. The molecule has 2 aromatic heterocycles. The van der Waals surface area contributed by atoms with Gasteiger partial charge in [0.25, 0.3) is 5.56 Å². The van der Waals surface area contributed by atoms with Gasteiger partial charge >= 0.3 is 0 Å². The van der Waals surface area contributed by atoms with Crippen molar-refractivity contribution in [1.82, 2.24) is 14.9 Å². The van der Waals surface area contributed by atoms with Crippen molar-refractivity contribution in [1.29, 1.82) is 0 Å². The van der Waals surface area contributed by atoms with Crippen LogP contribution in [-0.4, -0.2) is 47.1 Å². The van der Waals surface area contributed by atoms with Gasteiger partial charge in [-0.3, -0.25) is 9.59 Å². The predicted octanol–water partition coefficient (Wildman–Crippen LogP) is 1.51. The van der Waals surface area contributed by atoms with Crippen molar-refractivity contribution in [2.45, 2.75) is 38.0 Å². The first-order valence-corrected chi connectivity index (χ1v) is 8.87. The van der Waals surface area contributed by atoms with Gasteiger partial charge < -0.3 is 20.4 Å². The molecule has 0 saturated heterocycles. The number of ether oxygens (including phenoxy) is 1. The van der Waals surface area contributed by atoms with Crippen molar-refractivity contribution in [2.24, 2.45) is 11.7 Å². The van der Waals surface area contributed by atoms with E-state index in [4.69, 9.17) is 10.5 Å². The summed E-state index contributed by atoms with van der Waals surface area (Å²) in [6.45, 7) is 0.278. The van der Waals surface area contributed by atoms with E-state index < -0.39 is 0 Å². The topological polar surface area (TPSA) is 101 Å². The van der Waals surface area contributed by atoms with Crippen LogP contribution >= 0.6 is 23.7 Å². The van der Waals surface area contributed by atoms with E-state index in [1.165, 1.54) is 11.3 Å². The molecule has 1 aliphatic carbocycles. The average molecular weight is 387 g/mol. The van der Waals surface area contributed by atoms with E-state index in [0.717, 1.165) is 12.8 Å². The Balaban J connectivity index is 0.00000225. The lowest BCUT2D eigenvalue weighted by molar-refractivity contribution is -0.137. The van der Waals surface area contributed by atoms with Gasteiger partial charge in [0.2, 0.25) is 5.91 Å². The fourth-order valence-corrected chi connectivity index (χ4v) is 3.98. The van der Waals surface area contributed by atoms with Crippen molar-refractivity contribution in [3.05, 3.63) is 27.6 Å². The first-order valence-electron chi connectivity index (χ1n) is 7.99. The minimum absolute atomic E-state index is 0. The molecule has 3 atom stereocenters. The van der Waals surface area contributed by atoms with Crippen molar-refractivity contribution in [3.63, 3.8) is 0 Å². The van der Waals surface area contributed by atoms with Crippen LogP contribution < -0.4 is 11.3 Å². The lowest BCUT2D eigenvalue weighted by atomic mass is 9.83. The molecule has 2 heterocycles. The van der Waals surface area contributed by atoms with Gasteiger partial charge in [-0.2, -0.15) is 0 Å². The maximum Gasteiger partial charge on any atom is 0.268 e. The van der Waals surface area contributed by atoms with Crippen molar-refractivity contribution in [2.75, 3.05) is 14.2 Å². The Morgan fingerprint density at radius 1 is 1.52 bits per heavy atom. The number of amides is 1. The third-order valence-corrected chi connectivity index (χ3v) is 5.52. The van der Waals surface area contributed by atoms with Crippen molar-refractivity contribution in [3.8, 4) is 0 Å². The number of nitrogens with one attached hydrogen (secondary N) is 1. The molecule has 7 nitrogen and oxygen atoms in total. The number of nitrogens with zero attached hydrogens (tertiary/aromatic N) is 2. The third-order valence-electron chi connectivity index (χ3n) is 4.62. The number of rotatable bonds is 4. The number of carbonyl (C=O) groups is 1. The van der Waals surface area contributed by atoms with Crippen LogP contribution in [-0.2, 0) is 16.1 Å². The maximum absolute atomic E-state index is 12.7. The second-order valence-corrected chi connectivity index (χ2v) is 7.21. The van der Waals surface area contributed by atoms with Gasteiger partial charge in [-0.15, -0.1) is 23.7 Å². The molecule has 0 spiro atoms. The second-order valence-electron chi connectivity index (χ2n) is 6.29. The summed E-state index contributed by atoms with van der Waals surface area (Å²) in [5.74, 6) is 0.436. The van der Waals surface area contributed by atoms with Gasteiger partial charge in [-0.25, -0.2) is 4.98 Å². The molecule has 0 aromatic carbocycles. The molecule has 1 saturated carbocycles. The van der Waals surface area contributed by atoms with Crippen LogP contribution in [0.4, 0.5) is 0 Å². The Labute approximate surface area is 156 Å². The number of halogens is 1. The summed E-state index contributed by atoms with van der Waals surface area (Å²) in [6, 6.07) is 1.80. The van der Waals surface area contributed by atoms with E-state index >= 15 is 0 Å². The van der Waals surface area contributed by atoms with Gasteiger partial charge in [-0.1, -0.05) is 0 Å². The van der Waals surface area contributed by atoms with Crippen LogP contribution in [0.15, 0.2) is 16.2 Å². The summed E-state index contributed by atoms with van der Waals surface area (Å²) in [5, 5.41) is 1.84. The molecule has 0 bridgehead atoms. The van der Waals surface area contributed by atoms with E-state index in [9.17, 15) is 9.59 Å². The second kappa shape index (κ2) is 8.27. The SMILES string of the molecule is CO[C@H]1C[C@@H](C(=O)N(C)Cc2nc3ccsc3c(=O)[nH]2)CC[C@@H]1N.Cl. The van der Waals surface area contributed by atoms with Crippen LogP contribution in [0.25, 0.3) is 10.2 Å². The summed E-state index contributed by atoms with van der Waals surface area (Å²) < 4.78 is 5.99. The number of carbonyl (C=O) groups excluding carboxylic acids is 1. The van der Waals surface area contributed by atoms with Crippen LogP contribution in [0.2, 0.25) is 0 Å². The molecule has 138 valence electrons. The van der Waals surface area contributed by atoms with E-state index in [1.54, 1.807) is 19.1 Å². The number of fused-ring (bicyclic) bond motifs is 1. The zero-order valence-corrected chi connectivity index (χ0v) is 15.9. The first-order chi connectivity index (χ1) is 11.5. The Morgan fingerprint density at radius 3 is 3.00 bits per heavy atom. The lowest BCUT2D eigenvalue weighted by Gasteiger charge is -2.34. The first kappa shape index (κ1) is 19.8. The van der Waals surface area contributed by atoms with E-state index in [0.29, 0.717) is 22.5 Å². The highest BCUT2D eigenvalue weighted by atomic mass is 35.5. The van der Waals surface area contributed by atoms with Crippen LogP contribution in [0, 0.1) is 5.92 Å². The zero-order valence-electron chi connectivity index (χ0n) is 14.2. The molecule has 9 heteroatoms. The summed E-state index contributed by atoms with van der Waals surface area (Å²) in [6.07, 6.45) is 2.09. The largest absolute Gasteiger partial charge is 0.380 e. The molecular weight excluding hydrogens is 364 g/mol. The summed E-state index contributed by atoms with van der Waals surface area (Å²) >= 11 is 1.36. The molecule has 0 unspecified atom stereocenters. The summed E-state index contributed by atoms with van der Waals surface area (Å²) in [7, 11) is 3.36. The Morgan fingerprint density at radius 2 is 2.28 bits per heavy atom. The number of hydrogen-bond donors (Lipinski definition) is 2. The molecule has 0 radical (unpaired) electrons. The van der Waals surface area contributed by atoms with E-state index in [-0.39, 0.29) is 48.5 Å². The predicted molar refractivity (Wildman–Crippen MR) is 100 cm³/mol. The van der Waals surface area contributed by atoms with Crippen molar-refractivity contribution < 1.29 is 9.53 Å². The maximum atomic E-state index is 12.7. The monoisotopic (exact) mass is 386 g/mol. The number of aromatic nitrogens is 2. The summed E-state index contributed by atoms with van der Waals surface area (Å²) in [4.78, 5) is 33.5. The number of hydrogen-bond acceptors (Lipinski definition) is 6. The molecule has 0 aliphatic heterocycles. The quantitative estimate of drug-likeness (QED) is 0.829. The smallest absolute Gasteiger partial charge is 0.268 e. The zero-order chi connectivity index (χ0) is 17.3. The Kier molecular flexibility index (Phi) is 6.56. The van der Waals surface area contributed by atoms with Crippen LogP contribution in [0.5, 0.6) is 0 Å². The van der Waals surface area contributed by atoms with Crippen molar-refractivity contribution >= 4 is 39.9 Å². The van der Waals surface area contributed by atoms with E-state index in [2.05, 4.69) is 9.97 Å². The van der Waals surface area contributed by atoms with Gasteiger partial charge in [-0.05, 0) is 30.7 Å². The standard InChI is InChI=1S/C16H22N4O3S.ClH/c1-20(16(22)9-3-4-10(17)12(7-9)23-2)8-13-18-11-5-6-24-14(11)15(21)19-13;/h5-6,9-10,12H,3-4,7-8,17H2,1-2H3,(H,18,19,21);1H/t9-,10-,12-;/m0./s1. The molecule has 25 heavy (non-hydrogen) atoms. The van der Waals surface area contributed by atoms with Crippen LogP contribution in [0.1, 0.15) is 25.1 Å². The highest BCUT2D eigenvalue weighted by Gasteiger charge is 2.33. The van der Waals surface area contributed by atoms with Gasteiger partial charge in [0.1, 0.15) is 10.5 Å². The van der Waals surface area contributed by atoms with E-state index in [1.807, 2.05) is 11.4 Å². The number of aromatic amines is 1. The molecule has 1 fully saturated rings. The normalized spacial score (nSPS) is 23.2. The van der Waals surface area contributed by atoms with Gasteiger partial charge in [0.05, 0.1) is 18.2 Å². The molecule has 1 aliphatic rings. The van der Waals surface area contributed by atoms with Gasteiger partial charge in [0.15, 0.2) is 0 Å². The average Bonchev–Trinajstić information content (AvgIpc) is 3.03. The van der Waals surface area contributed by atoms with Gasteiger partial charge in [0, 0.05) is 26.1 Å². The molecule has 3 rings (SSSR count). The Bertz CT molecular complexity index is 793. The molecule has 3 N–H and O–H groups in total. The number of nitrogens with two attached hydrogens (primary N) is 1. The fraction of sp³-hybridized carbons (Fsp3) is 0.562. The third kappa shape index (κ3) is 4.20. The molecule has 2 aromatic rings. The molecule has 1 amide bonds. The number of methoxy groups -OCH3 is 1. The summed E-state index contributed by atoms with van der Waals surface area (Å²) in [5.41, 5.74) is 6.52. The number of H-pyrrole nitrogens is 1. The highest BCUT2D eigenvalue weighted by molar-refractivity contribution is 7.17. The fourth-order valence-electron chi connectivity index (χ4n) is 3.26. The minimum atomic E-state index is -0.158. The van der Waals surface area contributed by atoms with Crippen LogP contribution in [0.3, 0.4) is 0 Å². The Hall–Kier alpha value is -1.48. The minimum Gasteiger partial charge on any atom is -0.380 e.